The number of aryl methyl sites for hydroxylation is 2. The van der Waals surface area contributed by atoms with Gasteiger partial charge in [-0.1, -0.05) is 6.07 Å². The van der Waals surface area contributed by atoms with E-state index in [9.17, 15) is 0 Å². The molecule has 0 atom stereocenters. The smallest absolute Gasteiger partial charge is 0.247 e. The molecule has 1 aromatic heterocycles. The topological polar surface area (TPSA) is 48.2 Å². The second kappa shape index (κ2) is 6.87. The van der Waals surface area contributed by atoms with Crippen molar-refractivity contribution in [1.29, 1.82) is 0 Å². The van der Waals surface area contributed by atoms with Gasteiger partial charge in [-0.3, -0.25) is 0 Å². The van der Waals surface area contributed by atoms with Gasteiger partial charge in [-0.25, -0.2) is 0 Å². The standard InChI is InChI=1S/C18H18N2O2S/c1-12-4-9-16(10-13(12)2)23-11-17-19-20-18(22-17)14-5-7-15(21-3)8-6-14/h4-10H,11H2,1-3H3. The van der Waals surface area contributed by atoms with Gasteiger partial charge in [0.15, 0.2) is 0 Å². The lowest BCUT2D eigenvalue weighted by Gasteiger charge is -2.03. The van der Waals surface area contributed by atoms with E-state index in [1.807, 2.05) is 24.3 Å². The van der Waals surface area contributed by atoms with Gasteiger partial charge in [-0.05, 0) is 61.4 Å². The molecule has 0 bridgehead atoms. The van der Waals surface area contributed by atoms with E-state index >= 15 is 0 Å². The minimum atomic E-state index is 0.531. The summed E-state index contributed by atoms with van der Waals surface area (Å²) in [5.74, 6) is 2.62. The largest absolute Gasteiger partial charge is 0.497 e. The Bertz CT molecular complexity index is 797. The second-order valence-electron chi connectivity index (χ2n) is 5.26. The Balaban J connectivity index is 1.67. The highest BCUT2D eigenvalue weighted by Gasteiger charge is 2.09. The zero-order valence-corrected chi connectivity index (χ0v) is 14.2. The summed E-state index contributed by atoms with van der Waals surface area (Å²) >= 11 is 1.69. The van der Waals surface area contributed by atoms with Gasteiger partial charge in [0.1, 0.15) is 5.75 Å². The van der Waals surface area contributed by atoms with E-state index in [-0.39, 0.29) is 0 Å². The van der Waals surface area contributed by atoms with Crippen LogP contribution in [-0.4, -0.2) is 17.3 Å². The summed E-state index contributed by atoms with van der Waals surface area (Å²) in [7, 11) is 1.64. The van der Waals surface area contributed by atoms with Crippen LogP contribution in [0.2, 0.25) is 0 Å². The molecule has 0 saturated carbocycles. The Morgan fingerprint density at radius 2 is 1.78 bits per heavy atom. The molecule has 3 aromatic rings. The van der Waals surface area contributed by atoms with Gasteiger partial charge in [0.2, 0.25) is 11.8 Å². The van der Waals surface area contributed by atoms with Gasteiger partial charge in [0, 0.05) is 10.5 Å². The number of ether oxygens (including phenoxy) is 1. The Morgan fingerprint density at radius 3 is 2.48 bits per heavy atom. The monoisotopic (exact) mass is 326 g/mol. The number of methoxy groups -OCH3 is 1. The third-order valence-electron chi connectivity index (χ3n) is 3.64. The lowest BCUT2D eigenvalue weighted by atomic mass is 10.1. The van der Waals surface area contributed by atoms with E-state index in [2.05, 4.69) is 42.2 Å². The molecule has 2 aromatic carbocycles. The van der Waals surface area contributed by atoms with Crippen LogP contribution in [-0.2, 0) is 5.75 Å². The van der Waals surface area contributed by atoms with Gasteiger partial charge in [0.25, 0.3) is 0 Å². The first-order chi connectivity index (χ1) is 11.2. The van der Waals surface area contributed by atoms with Crippen LogP contribution >= 0.6 is 11.8 Å². The van der Waals surface area contributed by atoms with Crippen molar-refractivity contribution in [1.82, 2.24) is 10.2 Å². The number of hydrogen-bond donors (Lipinski definition) is 0. The number of hydrogen-bond acceptors (Lipinski definition) is 5. The Hall–Kier alpha value is -2.27. The zero-order chi connectivity index (χ0) is 16.2. The van der Waals surface area contributed by atoms with Crippen LogP contribution in [0.4, 0.5) is 0 Å². The molecule has 3 rings (SSSR count). The van der Waals surface area contributed by atoms with Crippen molar-refractivity contribution in [3.8, 4) is 17.2 Å². The van der Waals surface area contributed by atoms with Crippen molar-refractivity contribution in [3.63, 3.8) is 0 Å². The highest BCUT2D eigenvalue weighted by atomic mass is 32.2. The average molecular weight is 326 g/mol. The van der Waals surface area contributed by atoms with E-state index in [1.54, 1.807) is 18.9 Å². The van der Waals surface area contributed by atoms with Gasteiger partial charge < -0.3 is 9.15 Å². The molecule has 0 fully saturated rings. The number of rotatable bonds is 5. The Morgan fingerprint density at radius 1 is 1.00 bits per heavy atom. The van der Waals surface area contributed by atoms with E-state index in [4.69, 9.17) is 9.15 Å². The maximum Gasteiger partial charge on any atom is 0.247 e. The van der Waals surface area contributed by atoms with Crippen molar-refractivity contribution >= 4 is 11.8 Å². The third kappa shape index (κ3) is 3.74. The summed E-state index contributed by atoms with van der Waals surface area (Å²) in [4.78, 5) is 1.21. The average Bonchev–Trinajstić information content (AvgIpc) is 3.05. The third-order valence-corrected chi connectivity index (χ3v) is 4.62. The predicted octanol–water partition coefficient (Wildman–Crippen LogP) is 4.65. The number of thioether (sulfide) groups is 1. The molecule has 0 spiro atoms. The maximum absolute atomic E-state index is 5.74. The minimum Gasteiger partial charge on any atom is -0.497 e. The summed E-state index contributed by atoms with van der Waals surface area (Å²) in [5, 5.41) is 8.24. The van der Waals surface area contributed by atoms with Crippen LogP contribution in [0.3, 0.4) is 0 Å². The molecule has 0 unspecified atom stereocenters. The number of nitrogens with zero attached hydrogens (tertiary/aromatic N) is 2. The molecular formula is C18H18N2O2S. The van der Waals surface area contributed by atoms with Crippen LogP contribution in [0.15, 0.2) is 51.8 Å². The fourth-order valence-corrected chi connectivity index (χ4v) is 2.94. The fraction of sp³-hybridized carbons (Fsp3) is 0.222. The first-order valence-corrected chi connectivity index (χ1v) is 8.31. The summed E-state index contributed by atoms with van der Waals surface area (Å²) in [6.07, 6.45) is 0. The first kappa shape index (κ1) is 15.6. The lowest BCUT2D eigenvalue weighted by Crippen LogP contribution is -1.83. The second-order valence-corrected chi connectivity index (χ2v) is 6.31. The number of aromatic nitrogens is 2. The zero-order valence-electron chi connectivity index (χ0n) is 13.4. The SMILES string of the molecule is COc1ccc(-c2nnc(CSc3ccc(C)c(C)c3)o2)cc1. The first-order valence-electron chi connectivity index (χ1n) is 7.32. The van der Waals surface area contributed by atoms with Gasteiger partial charge in [-0.2, -0.15) is 0 Å². The quantitative estimate of drug-likeness (QED) is 0.638. The van der Waals surface area contributed by atoms with Crippen LogP contribution in [0, 0.1) is 13.8 Å². The summed E-state index contributed by atoms with van der Waals surface area (Å²) < 4.78 is 10.9. The van der Waals surface area contributed by atoms with Crippen molar-refractivity contribution < 1.29 is 9.15 Å². The molecule has 0 aliphatic rings. The van der Waals surface area contributed by atoms with Crippen molar-refractivity contribution in [2.75, 3.05) is 7.11 Å². The van der Waals surface area contributed by atoms with Crippen LogP contribution < -0.4 is 4.74 Å². The fourth-order valence-electron chi connectivity index (χ4n) is 2.11. The maximum atomic E-state index is 5.74. The molecule has 0 aliphatic heterocycles. The molecule has 118 valence electrons. The van der Waals surface area contributed by atoms with E-state index in [1.165, 1.54) is 16.0 Å². The molecule has 0 aliphatic carbocycles. The molecule has 4 nitrogen and oxygen atoms in total. The van der Waals surface area contributed by atoms with Crippen LogP contribution in [0.25, 0.3) is 11.5 Å². The molecule has 23 heavy (non-hydrogen) atoms. The Kier molecular flexibility index (Phi) is 4.67. The predicted molar refractivity (Wildman–Crippen MR) is 91.8 cm³/mol. The van der Waals surface area contributed by atoms with Gasteiger partial charge >= 0.3 is 0 Å². The van der Waals surface area contributed by atoms with E-state index in [0.29, 0.717) is 17.5 Å². The highest BCUT2D eigenvalue weighted by molar-refractivity contribution is 7.98. The van der Waals surface area contributed by atoms with Crippen molar-refractivity contribution in [2.45, 2.75) is 24.5 Å². The summed E-state index contributed by atoms with van der Waals surface area (Å²) in [5.41, 5.74) is 3.48. The molecule has 1 heterocycles. The normalized spacial score (nSPS) is 10.7. The summed E-state index contributed by atoms with van der Waals surface area (Å²) in [6.45, 7) is 4.23. The molecule has 0 saturated heterocycles. The van der Waals surface area contributed by atoms with Gasteiger partial charge in [-0.15, -0.1) is 22.0 Å². The summed E-state index contributed by atoms with van der Waals surface area (Å²) in [6, 6.07) is 14.0. The van der Waals surface area contributed by atoms with Crippen LogP contribution in [0.1, 0.15) is 17.0 Å². The number of benzene rings is 2. The highest BCUT2D eigenvalue weighted by Crippen LogP contribution is 2.26. The molecule has 0 radical (unpaired) electrons. The van der Waals surface area contributed by atoms with Crippen LogP contribution in [0.5, 0.6) is 5.75 Å². The molecule has 0 amide bonds. The minimum absolute atomic E-state index is 0.531. The molecule has 5 heteroatoms. The van der Waals surface area contributed by atoms with Crippen molar-refractivity contribution in [2.24, 2.45) is 0 Å². The van der Waals surface area contributed by atoms with E-state index in [0.717, 1.165) is 11.3 Å². The van der Waals surface area contributed by atoms with Crippen molar-refractivity contribution in [3.05, 3.63) is 59.5 Å². The lowest BCUT2D eigenvalue weighted by molar-refractivity contribution is 0.415. The van der Waals surface area contributed by atoms with Gasteiger partial charge in [0.05, 0.1) is 12.9 Å². The molecular weight excluding hydrogens is 308 g/mol. The molecule has 0 N–H and O–H groups in total. The Labute approximate surface area is 139 Å². The van der Waals surface area contributed by atoms with E-state index < -0.39 is 0 Å².